The van der Waals surface area contributed by atoms with Gasteiger partial charge < -0.3 is 5.32 Å². The van der Waals surface area contributed by atoms with E-state index in [4.69, 9.17) is 0 Å². The number of likely N-dealkylation sites (tertiary alicyclic amines) is 1. The number of hydrogen-bond acceptors (Lipinski definition) is 4. The highest BCUT2D eigenvalue weighted by atomic mass is 32.1. The van der Waals surface area contributed by atoms with Crippen LogP contribution in [0.4, 0.5) is 0 Å². The van der Waals surface area contributed by atoms with E-state index < -0.39 is 0 Å². The number of carbonyl (C=O) groups is 1. The fraction of sp³-hybridized carbons (Fsp3) is 0.478. The minimum Gasteiger partial charge on any atom is -0.354 e. The first kappa shape index (κ1) is 20.1. The Bertz CT molecular complexity index is 976. The Hall–Kier alpha value is -2.18. The Morgan fingerprint density at radius 3 is 2.93 bits per heavy atom. The summed E-state index contributed by atoms with van der Waals surface area (Å²) >= 11 is 1.62. The van der Waals surface area contributed by atoms with Gasteiger partial charge in [0.1, 0.15) is 0 Å². The second kappa shape index (κ2) is 9.09. The second-order valence-electron chi connectivity index (χ2n) is 7.87. The van der Waals surface area contributed by atoms with Crippen LogP contribution in [0.15, 0.2) is 36.7 Å². The van der Waals surface area contributed by atoms with Crippen LogP contribution >= 0.6 is 11.3 Å². The van der Waals surface area contributed by atoms with Crippen molar-refractivity contribution in [1.29, 1.82) is 0 Å². The van der Waals surface area contributed by atoms with Gasteiger partial charge in [0.2, 0.25) is 0 Å². The lowest BCUT2D eigenvalue weighted by molar-refractivity contribution is 0.0965. The zero-order chi connectivity index (χ0) is 20.2. The molecule has 1 aromatic carbocycles. The van der Waals surface area contributed by atoms with E-state index in [2.05, 4.69) is 52.7 Å². The molecule has 0 unspecified atom stereocenters. The predicted molar refractivity (Wildman–Crippen MR) is 119 cm³/mol. The van der Waals surface area contributed by atoms with Gasteiger partial charge in [0.25, 0.3) is 5.91 Å². The van der Waals surface area contributed by atoms with Crippen LogP contribution in [-0.4, -0.2) is 40.2 Å². The summed E-state index contributed by atoms with van der Waals surface area (Å²) < 4.78 is 3.20. The molecule has 1 atom stereocenters. The molecule has 1 fully saturated rings. The minimum absolute atomic E-state index is 0.0330. The molecule has 0 aliphatic carbocycles. The number of nitrogens with zero attached hydrogens (tertiary/aromatic N) is 3. The van der Waals surface area contributed by atoms with Crippen LogP contribution < -0.4 is 5.32 Å². The summed E-state index contributed by atoms with van der Waals surface area (Å²) in [5.41, 5.74) is 2.49. The van der Waals surface area contributed by atoms with E-state index in [-0.39, 0.29) is 5.91 Å². The van der Waals surface area contributed by atoms with E-state index in [1.807, 2.05) is 10.9 Å². The van der Waals surface area contributed by atoms with Crippen molar-refractivity contribution in [3.8, 4) is 0 Å². The van der Waals surface area contributed by atoms with Crippen molar-refractivity contribution in [1.82, 2.24) is 20.0 Å². The molecule has 1 aliphatic heterocycles. The van der Waals surface area contributed by atoms with E-state index in [9.17, 15) is 4.79 Å². The number of nitrogens with one attached hydrogen (secondary N) is 1. The number of hydrogen-bond donors (Lipinski definition) is 1. The maximum Gasteiger partial charge on any atom is 0.261 e. The zero-order valence-electron chi connectivity index (χ0n) is 17.4. The molecule has 29 heavy (non-hydrogen) atoms. The van der Waals surface area contributed by atoms with Gasteiger partial charge in [-0.05, 0) is 49.7 Å². The standard InChI is InChI=1S/C23H30N4OS/c1-3-27-16-17(14-25-27)15-26-12-8-4-5-9-18(26)13-20-19-10-6-7-11-21(19)29-22(20)23(28)24-2/h6-7,10-11,14,16,18H,3-5,8-9,12-13,15H2,1-2H3,(H,24,28)/t18-/m1/s1. The van der Waals surface area contributed by atoms with Crippen LogP contribution in [-0.2, 0) is 19.5 Å². The SMILES string of the molecule is CCn1cc(CN2CCCCC[C@@H]2Cc2c(C(=O)NC)sc3ccccc23)cn1. The van der Waals surface area contributed by atoms with Gasteiger partial charge >= 0.3 is 0 Å². The molecule has 0 spiro atoms. The van der Waals surface area contributed by atoms with Crippen molar-refractivity contribution in [3.63, 3.8) is 0 Å². The molecule has 2 aromatic heterocycles. The number of aryl methyl sites for hydroxylation is 1. The number of carbonyl (C=O) groups excluding carboxylic acids is 1. The number of rotatable bonds is 6. The van der Waals surface area contributed by atoms with Crippen LogP contribution in [0.5, 0.6) is 0 Å². The molecule has 6 heteroatoms. The summed E-state index contributed by atoms with van der Waals surface area (Å²) in [5.74, 6) is 0.0330. The van der Waals surface area contributed by atoms with Gasteiger partial charge in [0.05, 0.1) is 11.1 Å². The Balaban J connectivity index is 1.64. The monoisotopic (exact) mass is 410 g/mol. The van der Waals surface area contributed by atoms with Crippen LogP contribution in [0.25, 0.3) is 10.1 Å². The maximum atomic E-state index is 12.6. The third-order valence-corrected chi connectivity index (χ3v) is 7.18. The lowest BCUT2D eigenvalue weighted by Gasteiger charge is -2.30. The molecule has 1 amide bonds. The first-order valence-corrected chi connectivity index (χ1v) is 11.5. The largest absolute Gasteiger partial charge is 0.354 e. The number of aromatic nitrogens is 2. The Morgan fingerprint density at radius 2 is 2.14 bits per heavy atom. The van der Waals surface area contributed by atoms with Gasteiger partial charge in [-0.2, -0.15) is 5.10 Å². The third-order valence-electron chi connectivity index (χ3n) is 5.97. The maximum absolute atomic E-state index is 12.6. The molecule has 3 aromatic rings. The highest BCUT2D eigenvalue weighted by molar-refractivity contribution is 7.21. The van der Waals surface area contributed by atoms with E-state index in [1.165, 1.54) is 46.9 Å². The molecule has 154 valence electrons. The first-order valence-electron chi connectivity index (χ1n) is 10.7. The average molecular weight is 411 g/mol. The lowest BCUT2D eigenvalue weighted by Crippen LogP contribution is -2.36. The summed E-state index contributed by atoms with van der Waals surface area (Å²) in [7, 11) is 1.72. The van der Waals surface area contributed by atoms with E-state index >= 15 is 0 Å². The van der Waals surface area contributed by atoms with Gasteiger partial charge in [0.15, 0.2) is 0 Å². The first-order chi connectivity index (χ1) is 14.2. The second-order valence-corrected chi connectivity index (χ2v) is 8.92. The summed E-state index contributed by atoms with van der Waals surface area (Å²) in [6.45, 7) is 5.06. The molecule has 1 aliphatic rings. The number of fused-ring (bicyclic) bond motifs is 1. The van der Waals surface area contributed by atoms with E-state index in [0.29, 0.717) is 6.04 Å². The highest BCUT2D eigenvalue weighted by Crippen LogP contribution is 2.34. The fourth-order valence-electron chi connectivity index (χ4n) is 4.41. The summed E-state index contributed by atoms with van der Waals surface area (Å²) in [6, 6.07) is 8.87. The summed E-state index contributed by atoms with van der Waals surface area (Å²) in [4.78, 5) is 16.1. The molecule has 3 heterocycles. The molecule has 1 saturated heterocycles. The number of thiophene rings is 1. The van der Waals surface area contributed by atoms with E-state index in [1.54, 1.807) is 18.4 Å². The van der Waals surface area contributed by atoms with Crippen molar-refractivity contribution in [2.75, 3.05) is 13.6 Å². The van der Waals surface area contributed by atoms with Crippen molar-refractivity contribution < 1.29 is 4.79 Å². The lowest BCUT2D eigenvalue weighted by atomic mass is 9.97. The third kappa shape index (κ3) is 4.38. The van der Waals surface area contributed by atoms with Gasteiger partial charge in [-0.1, -0.05) is 31.0 Å². The topological polar surface area (TPSA) is 50.2 Å². The van der Waals surface area contributed by atoms with Gasteiger partial charge in [0, 0.05) is 42.6 Å². The molecular formula is C23H30N4OS. The van der Waals surface area contributed by atoms with Crippen molar-refractivity contribution in [2.45, 2.75) is 58.2 Å². The van der Waals surface area contributed by atoms with Crippen molar-refractivity contribution in [2.24, 2.45) is 0 Å². The molecule has 0 saturated carbocycles. The summed E-state index contributed by atoms with van der Waals surface area (Å²) in [6.07, 6.45) is 10.1. The Kier molecular flexibility index (Phi) is 6.31. The van der Waals surface area contributed by atoms with Gasteiger partial charge in [-0.25, -0.2) is 0 Å². The molecular weight excluding hydrogens is 380 g/mol. The van der Waals surface area contributed by atoms with E-state index in [0.717, 1.165) is 30.9 Å². The zero-order valence-corrected chi connectivity index (χ0v) is 18.2. The smallest absolute Gasteiger partial charge is 0.261 e. The quantitative estimate of drug-likeness (QED) is 0.652. The Labute approximate surface area is 176 Å². The fourth-order valence-corrected chi connectivity index (χ4v) is 5.58. The van der Waals surface area contributed by atoms with Crippen molar-refractivity contribution in [3.05, 3.63) is 52.7 Å². The van der Waals surface area contributed by atoms with Crippen LogP contribution in [0, 0.1) is 0 Å². The van der Waals surface area contributed by atoms with Crippen molar-refractivity contribution >= 4 is 27.3 Å². The normalized spacial score (nSPS) is 18.1. The minimum atomic E-state index is 0.0330. The Morgan fingerprint density at radius 1 is 1.28 bits per heavy atom. The number of amides is 1. The van der Waals surface area contributed by atoms with Gasteiger partial charge in [-0.3, -0.25) is 14.4 Å². The molecule has 4 rings (SSSR count). The predicted octanol–water partition coefficient (Wildman–Crippen LogP) is 4.46. The number of benzene rings is 1. The highest BCUT2D eigenvalue weighted by Gasteiger charge is 2.26. The summed E-state index contributed by atoms with van der Waals surface area (Å²) in [5, 5.41) is 8.53. The average Bonchev–Trinajstić information content (AvgIpc) is 3.28. The molecule has 5 nitrogen and oxygen atoms in total. The molecule has 0 radical (unpaired) electrons. The molecule has 1 N–H and O–H groups in total. The van der Waals surface area contributed by atoms with Crippen LogP contribution in [0.1, 0.15) is 53.4 Å². The van der Waals surface area contributed by atoms with Gasteiger partial charge in [-0.15, -0.1) is 11.3 Å². The molecule has 0 bridgehead atoms. The van der Waals surface area contributed by atoms with Crippen LogP contribution in [0.3, 0.4) is 0 Å². The van der Waals surface area contributed by atoms with Crippen LogP contribution in [0.2, 0.25) is 0 Å².